The van der Waals surface area contributed by atoms with Crippen LogP contribution in [0.3, 0.4) is 0 Å². The van der Waals surface area contributed by atoms with Crippen molar-refractivity contribution in [2.75, 3.05) is 0 Å². The fourth-order valence-electron chi connectivity index (χ4n) is 3.76. The van der Waals surface area contributed by atoms with E-state index in [1.54, 1.807) is 0 Å². The molecule has 2 atom stereocenters. The number of nitrogens with two attached hydrogens (primary N) is 2. The highest BCUT2D eigenvalue weighted by molar-refractivity contribution is 5.58. The Morgan fingerprint density at radius 3 is 1.11 bits per heavy atom. The minimum Gasteiger partial charge on any atom is -0.326 e. The van der Waals surface area contributed by atoms with Crippen molar-refractivity contribution in [2.24, 2.45) is 11.5 Å². The van der Waals surface area contributed by atoms with Crippen LogP contribution in [0, 0.1) is 0 Å². The molecule has 0 spiro atoms. The predicted octanol–water partition coefficient (Wildman–Crippen LogP) is 1.93. The standard InChI is InChI=1S/C16H16N2/c17-15-13-9-5-1-2-6-10(9)14(16(15)18)12-8-4-3-7-11(12)13/h1-8,13-16H,17-18H2. The molecule has 3 aliphatic carbocycles. The Morgan fingerprint density at radius 1 is 0.556 bits per heavy atom. The van der Waals surface area contributed by atoms with Crippen LogP contribution in [0.4, 0.5) is 0 Å². The third-order valence-electron chi connectivity index (χ3n) is 4.55. The van der Waals surface area contributed by atoms with E-state index in [4.69, 9.17) is 11.5 Å². The normalized spacial score (nSPS) is 31.9. The number of hydrogen-bond donors (Lipinski definition) is 2. The Hall–Kier alpha value is -1.64. The van der Waals surface area contributed by atoms with Gasteiger partial charge in [-0.25, -0.2) is 0 Å². The summed E-state index contributed by atoms with van der Waals surface area (Å²) >= 11 is 0. The lowest BCUT2D eigenvalue weighted by Crippen LogP contribution is -2.56. The van der Waals surface area contributed by atoms with Gasteiger partial charge in [-0.2, -0.15) is 0 Å². The Kier molecular flexibility index (Phi) is 1.97. The minimum atomic E-state index is 0.0276. The first-order valence-electron chi connectivity index (χ1n) is 6.48. The molecule has 0 saturated carbocycles. The van der Waals surface area contributed by atoms with Crippen LogP contribution in [0.25, 0.3) is 0 Å². The zero-order chi connectivity index (χ0) is 12.3. The van der Waals surface area contributed by atoms with Gasteiger partial charge in [-0.1, -0.05) is 48.5 Å². The van der Waals surface area contributed by atoms with Gasteiger partial charge in [0, 0.05) is 23.9 Å². The summed E-state index contributed by atoms with van der Waals surface area (Å²) in [6, 6.07) is 17.3. The Balaban J connectivity index is 2.06. The maximum Gasteiger partial charge on any atom is 0.0312 e. The molecule has 0 fully saturated rings. The van der Waals surface area contributed by atoms with Crippen LogP contribution in [-0.2, 0) is 0 Å². The zero-order valence-corrected chi connectivity index (χ0v) is 10.1. The van der Waals surface area contributed by atoms with Gasteiger partial charge in [-0.05, 0) is 22.3 Å². The summed E-state index contributed by atoms with van der Waals surface area (Å²) in [6.07, 6.45) is 0. The average Bonchev–Trinajstić information content (AvgIpc) is 2.42. The van der Waals surface area contributed by atoms with Crippen LogP contribution in [0.1, 0.15) is 34.1 Å². The van der Waals surface area contributed by atoms with E-state index < -0.39 is 0 Å². The van der Waals surface area contributed by atoms with Gasteiger partial charge in [0.05, 0.1) is 0 Å². The van der Waals surface area contributed by atoms with E-state index in [1.165, 1.54) is 22.3 Å². The molecule has 0 aliphatic heterocycles. The van der Waals surface area contributed by atoms with Crippen molar-refractivity contribution in [2.45, 2.75) is 23.9 Å². The highest BCUT2D eigenvalue weighted by atomic mass is 14.8. The Labute approximate surface area is 107 Å². The zero-order valence-electron chi connectivity index (χ0n) is 10.1. The van der Waals surface area contributed by atoms with Gasteiger partial charge in [0.2, 0.25) is 0 Å². The minimum absolute atomic E-state index is 0.0276. The molecule has 2 aromatic carbocycles. The molecule has 18 heavy (non-hydrogen) atoms. The number of rotatable bonds is 0. The van der Waals surface area contributed by atoms with Gasteiger partial charge >= 0.3 is 0 Å². The van der Waals surface area contributed by atoms with Gasteiger partial charge in [-0.3, -0.25) is 0 Å². The maximum atomic E-state index is 6.37. The molecule has 90 valence electrons. The van der Waals surface area contributed by atoms with Gasteiger partial charge in [0.15, 0.2) is 0 Å². The average molecular weight is 236 g/mol. The van der Waals surface area contributed by atoms with E-state index in [0.29, 0.717) is 0 Å². The van der Waals surface area contributed by atoms with Crippen molar-refractivity contribution in [3.8, 4) is 0 Å². The van der Waals surface area contributed by atoms with Crippen LogP contribution < -0.4 is 11.5 Å². The van der Waals surface area contributed by atoms with Gasteiger partial charge < -0.3 is 11.5 Å². The largest absolute Gasteiger partial charge is 0.326 e. The smallest absolute Gasteiger partial charge is 0.0312 e. The molecule has 2 unspecified atom stereocenters. The van der Waals surface area contributed by atoms with Crippen molar-refractivity contribution >= 4 is 0 Å². The third kappa shape index (κ3) is 1.10. The van der Waals surface area contributed by atoms with Crippen LogP contribution >= 0.6 is 0 Å². The molecule has 0 aromatic heterocycles. The third-order valence-corrected chi connectivity index (χ3v) is 4.55. The van der Waals surface area contributed by atoms with Crippen molar-refractivity contribution < 1.29 is 0 Å². The predicted molar refractivity (Wildman–Crippen MR) is 72.5 cm³/mol. The molecule has 2 bridgehead atoms. The quantitative estimate of drug-likeness (QED) is 0.734. The molecule has 0 saturated heterocycles. The second-order valence-electron chi connectivity index (χ2n) is 5.37. The number of fused-ring (bicyclic) bond motifs is 1. The van der Waals surface area contributed by atoms with Crippen LogP contribution in [-0.4, -0.2) is 12.1 Å². The van der Waals surface area contributed by atoms with E-state index in [0.717, 1.165) is 0 Å². The summed E-state index contributed by atoms with van der Waals surface area (Å²) < 4.78 is 0. The van der Waals surface area contributed by atoms with Crippen LogP contribution in [0.2, 0.25) is 0 Å². The lowest BCUT2D eigenvalue weighted by atomic mass is 9.60. The van der Waals surface area contributed by atoms with Crippen molar-refractivity contribution in [3.05, 3.63) is 70.8 Å². The summed E-state index contributed by atoms with van der Waals surface area (Å²) in [7, 11) is 0. The molecule has 3 aliphatic rings. The highest BCUT2D eigenvalue weighted by Crippen LogP contribution is 2.51. The molecule has 0 heterocycles. The van der Waals surface area contributed by atoms with Crippen LogP contribution in [0.5, 0.6) is 0 Å². The molecule has 0 amide bonds. The number of hydrogen-bond acceptors (Lipinski definition) is 2. The molecule has 2 heteroatoms. The Morgan fingerprint density at radius 2 is 0.833 bits per heavy atom. The number of benzene rings is 2. The van der Waals surface area contributed by atoms with E-state index in [-0.39, 0.29) is 23.9 Å². The first kappa shape index (κ1) is 10.3. The molecule has 0 radical (unpaired) electrons. The van der Waals surface area contributed by atoms with Gasteiger partial charge in [-0.15, -0.1) is 0 Å². The summed E-state index contributed by atoms with van der Waals surface area (Å²) in [5.74, 6) is 0.523. The second-order valence-corrected chi connectivity index (χ2v) is 5.37. The first-order valence-corrected chi connectivity index (χ1v) is 6.48. The summed E-state index contributed by atoms with van der Waals surface area (Å²) in [6.45, 7) is 0. The maximum absolute atomic E-state index is 6.37. The van der Waals surface area contributed by atoms with Crippen molar-refractivity contribution in [3.63, 3.8) is 0 Å². The Bertz CT molecular complexity index is 518. The summed E-state index contributed by atoms with van der Waals surface area (Å²) in [5, 5.41) is 0. The van der Waals surface area contributed by atoms with E-state index in [2.05, 4.69) is 48.5 Å². The van der Waals surface area contributed by atoms with Crippen molar-refractivity contribution in [1.29, 1.82) is 0 Å². The molecule has 2 aromatic rings. The van der Waals surface area contributed by atoms with E-state index in [9.17, 15) is 0 Å². The second kappa shape index (κ2) is 3.44. The lowest BCUT2D eigenvalue weighted by molar-refractivity contribution is 0.385. The van der Waals surface area contributed by atoms with Crippen LogP contribution in [0.15, 0.2) is 48.5 Å². The molecule has 5 rings (SSSR count). The summed E-state index contributed by atoms with van der Waals surface area (Å²) in [4.78, 5) is 0. The van der Waals surface area contributed by atoms with Gasteiger partial charge in [0.25, 0.3) is 0 Å². The van der Waals surface area contributed by atoms with E-state index in [1.807, 2.05) is 0 Å². The monoisotopic (exact) mass is 236 g/mol. The van der Waals surface area contributed by atoms with Gasteiger partial charge in [0.1, 0.15) is 0 Å². The molecule has 2 nitrogen and oxygen atoms in total. The van der Waals surface area contributed by atoms with E-state index >= 15 is 0 Å². The fraction of sp³-hybridized carbons (Fsp3) is 0.250. The molecular formula is C16H16N2. The highest BCUT2D eigenvalue weighted by Gasteiger charge is 2.46. The van der Waals surface area contributed by atoms with Crippen molar-refractivity contribution in [1.82, 2.24) is 0 Å². The fourth-order valence-corrected chi connectivity index (χ4v) is 3.76. The molecule has 4 N–H and O–H groups in total. The summed E-state index contributed by atoms with van der Waals surface area (Å²) in [5.41, 5.74) is 18.2. The lowest BCUT2D eigenvalue weighted by Gasteiger charge is -2.48. The first-order chi connectivity index (χ1) is 8.79. The molecular weight excluding hydrogens is 220 g/mol. The SMILES string of the molecule is NC1C2c3ccccc3C(c3ccccc32)C1N. The topological polar surface area (TPSA) is 52.0 Å².